The van der Waals surface area contributed by atoms with E-state index >= 15 is 0 Å². The van der Waals surface area contributed by atoms with E-state index in [1.165, 1.54) is 0 Å². The van der Waals surface area contributed by atoms with E-state index < -0.39 is 0 Å². The van der Waals surface area contributed by atoms with Gasteiger partial charge in [0.25, 0.3) is 0 Å². The van der Waals surface area contributed by atoms with Crippen LogP contribution in [0.4, 0.5) is 0 Å². The summed E-state index contributed by atoms with van der Waals surface area (Å²) in [5, 5.41) is 7.35. The van der Waals surface area contributed by atoms with Crippen molar-refractivity contribution in [1.82, 2.24) is 15.0 Å². The molecule has 0 unspecified atom stereocenters. The Morgan fingerprint density at radius 3 is 2.93 bits per heavy atom. The smallest absolute Gasteiger partial charge is 0.242 e. The van der Waals surface area contributed by atoms with Gasteiger partial charge in [0, 0.05) is 41.1 Å². The number of hydrogen-bond acceptors (Lipinski definition) is 4. The van der Waals surface area contributed by atoms with Crippen LogP contribution in [-0.4, -0.2) is 33.1 Å². The molecule has 0 saturated carbocycles. The van der Waals surface area contributed by atoms with Crippen molar-refractivity contribution in [3.05, 3.63) is 70.1 Å². The molecule has 3 heterocycles. The number of amides is 1. The fourth-order valence-corrected chi connectivity index (χ4v) is 3.64. The van der Waals surface area contributed by atoms with Gasteiger partial charge in [0.15, 0.2) is 0 Å². The summed E-state index contributed by atoms with van der Waals surface area (Å²) in [5.74, 6) is 0.0717. The first-order valence-corrected chi connectivity index (χ1v) is 9.74. The Kier molecular flexibility index (Phi) is 4.99. The second-order valence-electron chi connectivity index (χ2n) is 6.64. The second kappa shape index (κ2) is 7.56. The predicted molar refractivity (Wildman–Crippen MR) is 110 cm³/mol. The lowest BCUT2D eigenvalue weighted by molar-refractivity contribution is -0.127. The van der Waals surface area contributed by atoms with E-state index in [0.29, 0.717) is 19.4 Å². The van der Waals surface area contributed by atoms with Crippen molar-refractivity contribution in [3.63, 3.8) is 0 Å². The van der Waals surface area contributed by atoms with Crippen LogP contribution in [0.15, 0.2) is 58.2 Å². The van der Waals surface area contributed by atoms with E-state index in [2.05, 4.69) is 32.0 Å². The van der Waals surface area contributed by atoms with Gasteiger partial charge < -0.3 is 0 Å². The van der Waals surface area contributed by atoms with Crippen LogP contribution in [0, 0.1) is 6.92 Å². The highest BCUT2D eigenvalue weighted by Gasteiger charge is 2.21. The molecule has 1 saturated heterocycles. The number of aryl methyl sites for hydroxylation is 1. The quantitative estimate of drug-likeness (QED) is 0.589. The average Bonchev–Trinajstić information content (AvgIpc) is 3.06. The summed E-state index contributed by atoms with van der Waals surface area (Å²) in [4.78, 5) is 21.2. The van der Waals surface area contributed by atoms with Gasteiger partial charge in [-0.25, -0.2) is 5.01 Å². The Labute approximate surface area is 166 Å². The number of nitrogens with zero attached hydrogens (tertiary/aromatic N) is 4. The second-order valence-corrected chi connectivity index (χ2v) is 7.56. The number of aromatic nitrogens is 2. The van der Waals surface area contributed by atoms with Crippen LogP contribution in [0.2, 0.25) is 0 Å². The van der Waals surface area contributed by atoms with Gasteiger partial charge in [-0.3, -0.25) is 14.8 Å². The molecule has 1 amide bonds. The van der Waals surface area contributed by atoms with Crippen LogP contribution < -0.4 is 0 Å². The van der Waals surface area contributed by atoms with Crippen molar-refractivity contribution >= 4 is 38.5 Å². The molecule has 5 nitrogen and oxygen atoms in total. The fourth-order valence-electron chi connectivity index (χ4n) is 3.28. The molecule has 0 spiro atoms. The summed E-state index contributed by atoms with van der Waals surface area (Å²) in [6.45, 7) is 2.62. The number of pyridine rings is 2. The molecule has 27 heavy (non-hydrogen) atoms. The van der Waals surface area contributed by atoms with Crippen molar-refractivity contribution in [2.24, 2.45) is 5.10 Å². The predicted octanol–water partition coefficient (Wildman–Crippen LogP) is 4.27. The molecule has 1 fully saturated rings. The maximum absolute atomic E-state index is 12.1. The molecule has 0 radical (unpaired) electrons. The molecule has 0 bridgehead atoms. The lowest BCUT2D eigenvalue weighted by Crippen LogP contribution is -2.22. The third-order valence-corrected chi connectivity index (χ3v) is 5.12. The summed E-state index contributed by atoms with van der Waals surface area (Å²) in [5.41, 5.74) is 4.56. The molecular formula is C21H19BrN4O. The molecule has 4 rings (SSSR count). The fraction of sp³-hybridized carbons (Fsp3) is 0.238. The Morgan fingerprint density at radius 2 is 2.15 bits per heavy atom. The maximum atomic E-state index is 12.1. The largest absolute Gasteiger partial charge is 0.273 e. The third-order valence-electron chi connectivity index (χ3n) is 4.63. The van der Waals surface area contributed by atoms with Gasteiger partial charge in [-0.15, -0.1) is 0 Å². The SMILES string of the molecule is Cc1cccc(/C(Cc2ccnc3ccc(Br)cc23)=N\N2CCCC2=O)n1. The first kappa shape index (κ1) is 17.8. The Bertz CT molecular complexity index is 1050. The lowest BCUT2D eigenvalue weighted by atomic mass is 10.0. The van der Waals surface area contributed by atoms with Gasteiger partial charge in [0.2, 0.25) is 5.91 Å². The van der Waals surface area contributed by atoms with E-state index in [-0.39, 0.29) is 5.91 Å². The molecular weight excluding hydrogens is 404 g/mol. The van der Waals surface area contributed by atoms with Crippen LogP contribution in [-0.2, 0) is 11.2 Å². The molecule has 1 aliphatic rings. The van der Waals surface area contributed by atoms with Crippen LogP contribution in [0.5, 0.6) is 0 Å². The highest BCUT2D eigenvalue weighted by Crippen LogP contribution is 2.23. The van der Waals surface area contributed by atoms with Gasteiger partial charge in [0.05, 0.1) is 16.9 Å². The summed E-state index contributed by atoms with van der Waals surface area (Å²) >= 11 is 3.54. The van der Waals surface area contributed by atoms with Gasteiger partial charge in [-0.2, -0.15) is 5.10 Å². The van der Waals surface area contributed by atoms with Crippen molar-refractivity contribution in [2.75, 3.05) is 6.54 Å². The molecule has 6 heteroatoms. The van der Waals surface area contributed by atoms with Gasteiger partial charge in [-0.05, 0) is 55.3 Å². The van der Waals surface area contributed by atoms with E-state index in [1.807, 2.05) is 49.5 Å². The zero-order valence-electron chi connectivity index (χ0n) is 15.0. The minimum absolute atomic E-state index is 0.0717. The van der Waals surface area contributed by atoms with Gasteiger partial charge >= 0.3 is 0 Å². The number of carbonyl (C=O) groups is 1. The van der Waals surface area contributed by atoms with Crippen molar-refractivity contribution in [3.8, 4) is 0 Å². The Morgan fingerprint density at radius 1 is 1.26 bits per heavy atom. The molecule has 0 atom stereocenters. The number of carbonyl (C=O) groups excluding carboxylic acids is 1. The highest BCUT2D eigenvalue weighted by molar-refractivity contribution is 9.10. The minimum atomic E-state index is 0.0717. The van der Waals surface area contributed by atoms with E-state index in [4.69, 9.17) is 5.10 Å². The summed E-state index contributed by atoms with van der Waals surface area (Å²) in [6, 6.07) is 13.9. The van der Waals surface area contributed by atoms with Crippen LogP contribution in [0.3, 0.4) is 0 Å². The van der Waals surface area contributed by atoms with E-state index in [1.54, 1.807) is 5.01 Å². The van der Waals surface area contributed by atoms with Gasteiger partial charge in [-0.1, -0.05) is 22.0 Å². The Hall–Kier alpha value is -2.60. The monoisotopic (exact) mass is 422 g/mol. The van der Waals surface area contributed by atoms with Crippen molar-refractivity contribution in [1.29, 1.82) is 0 Å². The third kappa shape index (κ3) is 3.90. The molecule has 0 N–H and O–H groups in total. The summed E-state index contributed by atoms with van der Waals surface area (Å²) in [6.07, 6.45) is 3.80. The molecule has 3 aromatic rings. The van der Waals surface area contributed by atoms with Gasteiger partial charge in [0.1, 0.15) is 0 Å². The average molecular weight is 423 g/mol. The van der Waals surface area contributed by atoms with Crippen LogP contribution in [0.25, 0.3) is 10.9 Å². The van der Waals surface area contributed by atoms with E-state index in [0.717, 1.165) is 44.5 Å². The molecule has 0 aliphatic carbocycles. The molecule has 1 aromatic carbocycles. The standard InChI is InChI=1S/C21H19BrN4O/c1-14-4-2-5-19(24-14)20(25-26-11-3-6-21(26)27)12-15-9-10-23-18-8-7-16(22)13-17(15)18/h2,4-5,7-10,13H,3,6,11-12H2,1H3/b25-20-. The number of hydrogen-bond donors (Lipinski definition) is 0. The summed E-state index contributed by atoms with van der Waals surface area (Å²) < 4.78 is 1.01. The van der Waals surface area contributed by atoms with Crippen molar-refractivity contribution in [2.45, 2.75) is 26.2 Å². The zero-order chi connectivity index (χ0) is 18.8. The number of fused-ring (bicyclic) bond motifs is 1. The molecule has 136 valence electrons. The summed E-state index contributed by atoms with van der Waals surface area (Å²) in [7, 11) is 0. The Balaban J connectivity index is 1.79. The van der Waals surface area contributed by atoms with Crippen LogP contribution in [0.1, 0.15) is 29.8 Å². The normalized spacial score (nSPS) is 15.0. The number of hydrazone groups is 1. The topological polar surface area (TPSA) is 58.5 Å². The first-order valence-electron chi connectivity index (χ1n) is 8.95. The molecule has 2 aromatic heterocycles. The maximum Gasteiger partial charge on any atom is 0.242 e. The molecule has 1 aliphatic heterocycles. The zero-order valence-corrected chi connectivity index (χ0v) is 16.6. The minimum Gasteiger partial charge on any atom is -0.273 e. The number of benzene rings is 1. The van der Waals surface area contributed by atoms with Crippen LogP contribution >= 0.6 is 15.9 Å². The number of rotatable bonds is 4. The highest BCUT2D eigenvalue weighted by atomic mass is 79.9. The number of halogens is 1. The first-order chi connectivity index (χ1) is 13.1. The van der Waals surface area contributed by atoms with Crippen molar-refractivity contribution < 1.29 is 4.79 Å². The van der Waals surface area contributed by atoms with E-state index in [9.17, 15) is 4.79 Å². The lowest BCUT2D eigenvalue weighted by Gasteiger charge is -2.14.